The number of esters is 1. The van der Waals surface area contributed by atoms with E-state index in [-0.39, 0.29) is 20.6 Å². The quantitative estimate of drug-likeness (QED) is 0.641. The van der Waals surface area contributed by atoms with E-state index in [9.17, 15) is 13.2 Å². The summed E-state index contributed by atoms with van der Waals surface area (Å²) in [6.07, 6.45) is 0. The van der Waals surface area contributed by atoms with Gasteiger partial charge in [0.15, 0.2) is 0 Å². The third-order valence-electron chi connectivity index (χ3n) is 3.42. The van der Waals surface area contributed by atoms with Gasteiger partial charge in [-0.25, -0.2) is 8.42 Å². The van der Waals surface area contributed by atoms with Gasteiger partial charge in [0.25, 0.3) is 10.0 Å². The summed E-state index contributed by atoms with van der Waals surface area (Å²) in [7, 11) is -2.93. The fourth-order valence-electron chi connectivity index (χ4n) is 2.17. The average molecular weight is 418 g/mol. The molecule has 0 bridgehead atoms. The predicted octanol–water partition coefficient (Wildman–Crippen LogP) is 3.76. The van der Waals surface area contributed by atoms with Crippen molar-refractivity contribution in [1.29, 1.82) is 0 Å². The molecule has 26 heavy (non-hydrogen) atoms. The Kier molecular flexibility index (Phi) is 6.75. The topological polar surface area (TPSA) is 72.9 Å². The number of rotatable bonds is 7. The molecule has 0 amide bonds. The lowest BCUT2D eigenvalue weighted by Gasteiger charge is -2.24. The number of carbonyl (C=O) groups excluding carboxylic acids is 1. The zero-order valence-corrected chi connectivity index (χ0v) is 16.4. The number of anilines is 1. The Morgan fingerprint density at radius 2 is 1.77 bits per heavy atom. The van der Waals surface area contributed by atoms with E-state index in [2.05, 4.69) is 4.74 Å². The summed E-state index contributed by atoms with van der Waals surface area (Å²) in [6.45, 7) is 1.73. The molecular formula is C17H17Cl2NO5S. The molecule has 0 aromatic heterocycles. The molecule has 6 nitrogen and oxygen atoms in total. The smallest absolute Gasteiger partial charge is 0.326 e. The standard InChI is InChI=1S/C17H17Cl2NO5S/c1-3-25-12-7-9-13(10-8-12)26(22,23)20(11-16(21)24-2)15-6-4-5-14(18)17(15)19/h4-10H,3,11H2,1-2H3. The molecule has 2 aromatic rings. The van der Waals surface area contributed by atoms with Gasteiger partial charge in [0.2, 0.25) is 0 Å². The van der Waals surface area contributed by atoms with E-state index in [1.54, 1.807) is 6.07 Å². The molecule has 0 atom stereocenters. The number of carbonyl (C=O) groups is 1. The second-order valence-electron chi connectivity index (χ2n) is 5.07. The summed E-state index contributed by atoms with van der Waals surface area (Å²) in [4.78, 5) is 11.8. The maximum absolute atomic E-state index is 13.1. The third kappa shape index (κ3) is 4.41. The van der Waals surface area contributed by atoms with Crippen molar-refractivity contribution in [3.63, 3.8) is 0 Å². The largest absolute Gasteiger partial charge is 0.494 e. The first-order chi connectivity index (χ1) is 12.3. The van der Waals surface area contributed by atoms with Gasteiger partial charge in [0.05, 0.1) is 34.3 Å². The zero-order valence-electron chi connectivity index (χ0n) is 14.1. The molecule has 0 N–H and O–H groups in total. The van der Waals surface area contributed by atoms with Crippen molar-refractivity contribution in [3.8, 4) is 5.75 Å². The highest BCUT2D eigenvalue weighted by molar-refractivity contribution is 7.92. The Hall–Kier alpha value is -1.96. The number of benzene rings is 2. The van der Waals surface area contributed by atoms with Crippen LogP contribution in [0.3, 0.4) is 0 Å². The van der Waals surface area contributed by atoms with Crippen molar-refractivity contribution >= 4 is 44.9 Å². The number of hydrogen-bond acceptors (Lipinski definition) is 5. The number of methoxy groups -OCH3 is 1. The van der Waals surface area contributed by atoms with Gasteiger partial charge < -0.3 is 9.47 Å². The SMILES string of the molecule is CCOc1ccc(S(=O)(=O)N(CC(=O)OC)c2cccc(Cl)c2Cl)cc1. The monoisotopic (exact) mass is 417 g/mol. The highest BCUT2D eigenvalue weighted by Gasteiger charge is 2.29. The van der Waals surface area contributed by atoms with Crippen LogP contribution in [0.1, 0.15) is 6.92 Å². The molecule has 0 heterocycles. The van der Waals surface area contributed by atoms with Crippen molar-refractivity contribution in [3.05, 3.63) is 52.5 Å². The van der Waals surface area contributed by atoms with Gasteiger partial charge in [-0.2, -0.15) is 0 Å². The average Bonchev–Trinajstić information content (AvgIpc) is 2.62. The number of ether oxygens (including phenoxy) is 2. The molecular weight excluding hydrogens is 401 g/mol. The molecule has 0 aliphatic carbocycles. The number of halogens is 2. The molecule has 0 unspecified atom stereocenters. The fraction of sp³-hybridized carbons (Fsp3) is 0.235. The lowest BCUT2D eigenvalue weighted by molar-refractivity contribution is -0.138. The van der Waals surface area contributed by atoms with Crippen molar-refractivity contribution in [2.75, 3.05) is 24.6 Å². The number of nitrogens with zero attached hydrogens (tertiary/aromatic N) is 1. The molecule has 2 rings (SSSR count). The Morgan fingerprint density at radius 3 is 2.35 bits per heavy atom. The molecule has 0 saturated carbocycles. The van der Waals surface area contributed by atoms with Crippen LogP contribution in [0.2, 0.25) is 10.0 Å². The van der Waals surface area contributed by atoms with Gasteiger partial charge in [-0.3, -0.25) is 9.10 Å². The Balaban J connectivity index is 2.52. The Bertz CT molecular complexity index is 885. The van der Waals surface area contributed by atoms with Crippen LogP contribution in [-0.4, -0.2) is 34.6 Å². The summed E-state index contributed by atoms with van der Waals surface area (Å²) in [5.74, 6) is -0.206. The molecule has 0 spiro atoms. The molecule has 0 fully saturated rings. The number of sulfonamides is 1. The Labute approximate surface area is 162 Å². The van der Waals surface area contributed by atoms with Gasteiger partial charge in [-0.05, 0) is 43.3 Å². The maximum atomic E-state index is 13.1. The molecule has 0 radical (unpaired) electrons. The van der Waals surface area contributed by atoms with Crippen LogP contribution in [-0.2, 0) is 19.6 Å². The van der Waals surface area contributed by atoms with Crippen LogP contribution in [0, 0.1) is 0 Å². The van der Waals surface area contributed by atoms with E-state index in [0.29, 0.717) is 12.4 Å². The Morgan fingerprint density at radius 1 is 1.12 bits per heavy atom. The van der Waals surface area contributed by atoms with Crippen molar-refractivity contribution in [2.45, 2.75) is 11.8 Å². The van der Waals surface area contributed by atoms with E-state index in [0.717, 1.165) is 4.31 Å². The van der Waals surface area contributed by atoms with Crippen LogP contribution in [0.25, 0.3) is 0 Å². The summed E-state index contributed by atoms with van der Waals surface area (Å²) in [5.41, 5.74) is 0.0819. The van der Waals surface area contributed by atoms with E-state index >= 15 is 0 Å². The lowest BCUT2D eigenvalue weighted by Crippen LogP contribution is -2.36. The van der Waals surface area contributed by atoms with Crippen molar-refractivity contribution in [2.24, 2.45) is 0 Å². The second kappa shape index (κ2) is 8.62. The van der Waals surface area contributed by atoms with Crippen molar-refractivity contribution in [1.82, 2.24) is 0 Å². The van der Waals surface area contributed by atoms with Crippen LogP contribution in [0.15, 0.2) is 47.4 Å². The summed E-state index contributed by atoms with van der Waals surface area (Å²) < 4.78 is 37.0. The summed E-state index contributed by atoms with van der Waals surface area (Å²) >= 11 is 12.2. The highest BCUT2D eigenvalue weighted by Crippen LogP contribution is 2.35. The minimum Gasteiger partial charge on any atom is -0.494 e. The minimum absolute atomic E-state index is 0.0209. The van der Waals surface area contributed by atoms with Gasteiger partial charge in [0, 0.05) is 0 Å². The van der Waals surface area contributed by atoms with E-state index in [1.165, 1.54) is 43.5 Å². The normalized spacial score (nSPS) is 11.1. The van der Waals surface area contributed by atoms with Gasteiger partial charge in [0.1, 0.15) is 12.3 Å². The van der Waals surface area contributed by atoms with E-state index in [1.807, 2.05) is 6.92 Å². The van der Waals surface area contributed by atoms with Gasteiger partial charge in [-0.1, -0.05) is 29.3 Å². The zero-order chi connectivity index (χ0) is 19.3. The van der Waals surface area contributed by atoms with E-state index < -0.39 is 22.5 Å². The van der Waals surface area contributed by atoms with E-state index in [4.69, 9.17) is 27.9 Å². The molecule has 140 valence electrons. The molecule has 0 saturated heterocycles. The highest BCUT2D eigenvalue weighted by atomic mass is 35.5. The van der Waals surface area contributed by atoms with Crippen molar-refractivity contribution < 1.29 is 22.7 Å². The first-order valence-corrected chi connectivity index (χ1v) is 9.77. The fourth-order valence-corrected chi connectivity index (χ4v) is 4.04. The second-order valence-corrected chi connectivity index (χ2v) is 7.71. The molecule has 0 aliphatic rings. The van der Waals surface area contributed by atoms with Crippen LogP contribution < -0.4 is 9.04 Å². The van der Waals surface area contributed by atoms with Gasteiger partial charge in [-0.15, -0.1) is 0 Å². The molecule has 2 aromatic carbocycles. The lowest BCUT2D eigenvalue weighted by atomic mass is 10.3. The maximum Gasteiger partial charge on any atom is 0.326 e. The van der Waals surface area contributed by atoms with Crippen LogP contribution in [0.5, 0.6) is 5.75 Å². The van der Waals surface area contributed by atoms with Gasteiger partial charge >= 0.3 is 5.97 Å². The summed E-state index contributed by atoms with van der Waals surface area (Å²) in [6, 6.07) is 10.4. The summed E-state index contributed by atoms with van der Waals surface area (Å²) in [5, 5.41) is 0.188. The third-order valence-corrected chi connectivity index (χ3v) is 6.01. The first-order valence-electron chi connectivity index (χ1n) is 7.57. The molecule has 9 heteroatoms. The van der Waals surface area contributed by atoms with Crippen LogP contribution in [0.4, 0.5) is 5.69 Å². The minimum atomic E-state index is -4.10. The first kappa shape index (κ1) is 20.4. The van der Waals surface area contributed by atoms with Crippen LogP contribution >= 0.6 is 23.2 Å². The molecule has 0 aliphatic heterocycles. The predicted molar refractivity (Wildman–Crippen MR) is 101 cm³/mol. The number of hydrogen-bond donors (Lipinski definition) is 0.